The number of amides is 1. The van der Waals surface area contributed by atoms with Crippen molar-refractivity contribution in [3.8, 4) is 17.2 Å². The highest BCUT2D eigenvalue weighted by Gasteiger charge is 2.29. The lowest BCUT2D eigenvalue weighted by atomic mass is 10.2. The first-order valence-corrected chi connectivity index (χ1v) is 12.1. The number of hydrogen-bond acceptors (Lipinski definition) is 8. The molecule has 1 N–H and O–H groups in total. The summed E-state index contributed by atoms with van der Waals surface area (Å²) >= 11 is 0. The molecule has 3 aromatic rings. The molecule has 3 rings (SSSR count). The molecule has 10 nitrogen and oxygen atoms in total. The molecular formula is C25H25N3O7S. The van der Waals surface area contributed by atoms with Gasteiger partial charge in [-0.25, -0.2) is 13.8 Å². The topological polar surface area (TPSA) is 124 Å². The minimum atomic E-state index is -4.13. The van der Waals surface area contributed by atoms with E-state index < -0.39 is 28.4 Å². The average molecular weight is 512 g/mol. The van der Waals surface area contributed by atoms with E-state index in [1.54, 1.807) is 48.5 Å². The van der Waals surface area contributed by atoms with Gasteiger partial charge in [0, 0.05) is 13.0 Å². The predicted molar refractivity (Wildman–Crippen MR) is 134 cm³/mol. The van der Waals surface area contributed by atoms with Crippen molar-refractivity contribution in [3.05, 3.63) is 78.4 Å². The molecule has 0 fully saturated rings. The number of nitrogens with one attached hydrogen (secondary N) is 1. The van der Waals surface area contributed by atoms with Gasteiger partial charge in [-0.15, -0.1) is 0 Å². The van der Waals surface area contributed by atoms with E-state index in [4.69, 9.17) is 14.2 Å². The molecule has 36 heavy (non-hydrogen) atoms. The van der Waals surface area contributed by atoms with Crippen LogP contribution in [0.3, 0.4) is 0 Å². The molecule has 3 aromatic carbocycles. The summed E-state index contributed by atoms with van der Waals surface area (Å²) in [5.74, 6) is -0.0781. The number of ether oxygens (including phenoxy) is 3. The van der Waals surface area contributed by atoms with Gasteiger partial charge in [0.1, 0.15) is 23.8 Å². The molecule has 0 saturated heterocycles. The first-order valence-electron chi connectivity index (χ1n) is 10.6. The number of esters is 1. The Bertz CT molecular complexity index is 1340. The van der Waals surface area contributed by atoms with Gasteiger partial charge in [0.15, 0.2) is 0 Å². The Labute approximate surface area is 209 Å². The van der Waals surface area contributed by atoms with Crippen molar-refractivity contribution in [2.24, 2.45) is 5.10 Å². The first kappa shape index (κ1) is 26.2. The Morgan fingerprint density at radius 1 is 0.944 bits per heavy atom. The van der Waals surface area contributed by atoms with Gasteiger partial charge in [0.2, 0.25) is 0 Å². The summed E-state index contributed by atoms with van der Waals surface area (Å²) in [6.45, 7) is 0.732. The molecule has 0 aliphatic heterocycles. The molecule has 0 radical (unpaired) electrons. The zero-order valence-electron chi connectivity index (χ0n) is 19.9. The summed E-state index contributed by atoms with van der Waals surface area (Å²) in [5, 5.41) is 3.90. The van der Waals surface area contributed by atoms with Crippen molar-refractivity contribution < 1.29 is 32.2 Å². The highest BCUT2D eigenvalue weighted by Crippen LogP contribution is 2.35. The second kappa shape index (κ2) is 11.8. The van der Waals surface area contributed by atoms with Crippen LogP contribution in [-0.2, 0) is 19.6 Å². The number of rotatable bonds is 10. The zero-order valence-corrected chi connectivity index (χ0v) is 20.7. The van der Waals surface area contributed by atoms with Crippen LogP contribution in [0.15, 0.2) is 82.8 Å². The standard InChI is InChI=1S/C25H25N3O7S/c1-18(29)35-20-11-9-19(10-12-20)16-26-27-25(30)17-28(36(31,32)22-7-5-4-6-8-22)23-14-13-21(33-2)15-24(23)34-3/h4-16H,17H2,1-3H3,(H,27,30)/b26-16-. The number of hydrogen-bond donors (Lipinski definition) is 1. The van der Waals surface area contributed by atoms with Gasteiger partial charge in [-0.05, 0) is 54.1 Å². The molecule has 0 heterocycles. The maximum absolute atomic E-state index is 13.5. The van der Waals surface area contributed by atoms with E-state index >= 15 is 0 Å². The molecule has 0 aliphatic carbocycles. The molecule has 0 unspecified atom stereocenters. The number of anilines is 1. The third-order valence-corrected chi connectivity index (χ3v) is 6.59. The number of carbonyl (C=O) groups is 2. The highest BCUT2D eigenvalue weighted by atomic mass is 32.2. The normalized spacial score (nSPS) is 11.1. The number of methoxy groups -OCH3 is 2. The number of benzene rings is 3. The Hall–Kier alpha value is -4.38. The van der Waals surface area contributed by atoms with Gasteiger partial charge in [0.25, 0.3) is 15.9 Å². The molecule has 0 aliphatic rings. The van der Waals surface area contributed by atoms with Crippen LogP contribution in [0.4, 0.5) is 5.69 Å². The van der Waals surface area contributed by atoms with Crippen molar-refractivity contribution in [3.63, 3.8) is 0 Å². The van der Waals surface area contributed by atoms with Gasteiger partial charge in [-0.1, -0.05) is 18.2 Å². The Kier molecular flexibility index (Phi) is 8.63. The number of hydrazone groups is 1. The minimum absolute atomic E-state index is 0.00652. The van der Waals surface area contributed by atoms with Crippen LogP contribution >= 0.6 is 0 Å². The second-order valence-corrected chi connectivity index (χ2v) is 9.18. The van der Waals surface area contributed by atoms with Crippen LogP contribution in [0, 0.1) is 0 Å². The van der Waals surface area contributed by atoms with Crippen LogP contribution in [0.1, 0.15) is 12.5 Å². The molecule has 0 spiro atoms. The summed E-state index contributed by atoms with van der Waals surface area (Å²) in [7, 11) is -1.27. The smallest absolute Gasteiger partial charge is 0.308 e. The minimum Gasteiger partial charge on any atom is -0.497 e. The predicted octanol–water partition coefficient (Wildman–Crippen LogP) is 2.97. The Balaban J connectivity index is 1.84. The van der Waals surface area contributed by atoms with Crippen molar-refractivity contribution >= 4 is 33.8 Å². The summed E-state index contributed by atoms with van der Waals surface area (Å²) < 4.78 is 43.4. The summed E-state index contributed by atoms with van der Waals surface area (Å²) in [5.41, 5.74) is 3.11. The lowest BCUT2D eigenvalue weighted by Crippen LogP contribution is -2.39. The van der Waals surface area contributed by atoms with Crippen LogP contribution < -0.4 is 23.9 Å². The second-order valence-electron chi connectivity index (χ2n) is 7.32. The third-order valence-electron chi connectivity index (χ3n) is 4.82. The molecule has 188 valence electrons. The quantitative estimate of drug-likeness (QED) is 0.192. The molecule has 0 atom stereocenters. The Morgan fingerprint density at radius 3 is 2.22 bits per heavy atom. The van der Waals surface area contributed by atoms with Gasteiger partial charge in [-0.2, -0.15) is 5.10 Å². The molecule has 1 amide bonds. The van der Waals surface area contributed by atoms with Crippen LogP contribution in [-0.4, -0.2) is 47.3 Å². The van der Waals surface area contributed by atoms with E-state index in [1.165, 1.54) is 51.6 Å². The maximum Gasteiger partial charge on any atom is 0.308 e. The molecular weight excluding hydrogens is 486 g/mol. The fourth-order valence-corrected chi connectivity index (χ4v) is 4.60. The van der Waals surface area contributed by atoms with Crippen molar-refractivity contribution in [2.45, 2.75) is 11.8 Å². The van der Waals surface area contributed by atoms with Crippen LogP contribution in [0.2, 0.25) is 0 Å². The highest BCUT2D eigenvalue weighted by molar-refractivity contribution is 7.92. The molecule has 11 heteroatoms. The fourth-order valence-electron chi connectivity index (χ4n) is 3.14. The van der Waals surface area contributed by atoms with Gasteiger partial charge < -0.3 is 14.2 Å². The van der Waals surface area contributed by atoms with E-state index in [-0.39, 0.29) is 16.3 Å². The zero-order chi connectivity index (χ0) is 26.1. The summed E-state index contributed by atoms with van der Waals surface area (Å²) in [6.07, 6.45) is 1.37. The monoisotopic (exact) mass is 511 g/mol. The number of nitrogens with zero attached hydrogens (tertiary/aromatic N) is 2. The number of carbonyl (C=O) groups excluding carboxylic acids is 2. The van der Waals surface area contributed by atoms with Crippen LogP contribution in [0.5, 0.6) is 17.2 Å². The average Bonchev–Trinajstić information content (AvgIpc) is 2.88. The van der Waals surface area contributed by atoms with E-state index in [0.29, 0.717) is 17.1 Å². The molecule has 0 saturated carbocycles. The van der Waals surface area contributed by atoms with E-state index in [2.05, 4.69) is 10.5 Å². The van der Waals surface area contributed by atoms with Crippen molar-refractivity contribution in [2.75, 3.05) is 25.1 Å². The lowest BCUT2D eigenvalue weighted by molar-refractivity contribution is -0.131. The number of sulfonamides is 1. The van der Waals surface area contributed by atoms with Crippen molar-refractivity contribution in [1.82, 2.24) is 5.43 Å². The lowest BCUT2D eigenvalue weighted by Gasteiger charge is -2.25. The molecule has 0 aromatic heterocycles. The van der Waals surface area contributed by atoms with E-state index in [0.717, 1.165) is 4.31 Å². The van der Waals surface area contributed by atoms with Gasteiger partial charge in [-0.3, -0.25) is 13.9 Å². The van der Waals surface area contributed by atoms with Gasteiger partial charge in [0.05, 0.1) is 31.0 Å². The Morgan fingerprint density at radius 2 is 1.61 bits per heavy atom. The largest absolute Gasteiger partial charge is 0.497 e. The van der Waals surface area contributed by atoms with Gasteiger partial charge >= 0.3 is 5.97 Å². The fraction of sp³-hybridized carbons (Fsp3) is 0.160. The molecule has 0 bridgehead atoms. The third kappa shape index (κ3) is 6.60. The maximum atomic E-state index is 13.5. The van der Waals surface area contributed by atoms with Crippen molar-refractivity contribution in [1.29, 1.82) is 0 Å². The van der Waals surface area contributed by atoms with Crippen LogP contribution in [0.25, 0.3) is 0 Å². The summed E-state index contributed by atoms with van der Waals surface area (Å²) in [4.78, 5) is 23.8. The van der Waals surface area contributed by atoms with E-state index in [1.807, 2.05) is 0 Å². The first-order chi connectivity index (χ1) is 17.2. The summed E-state index contributed by atoms with van der Waals surface area (Å²) in [6, 6.07) is 18.8. The SMILES string of the molecule is COc1ccc(N(CC(=O)N/N=C\c2ccc(OC(C)=O)cc2)S(=O)(=O)c2ccccc2)c(OC)c1. The van der Waals surface area contributed by atoms with E-state index in [9.17, 15) is 18.0 Å².